The van der Waals surface area contributed by atoms with Crippen LogP contribution in [0, 0.1) is 40.5 Å². The van der Waals surface area contributed by atoms with Crippen molar-refractivity contribution in [2.45, 2.75) is 45.1 Å². The second-order valence-electron chi connectivity index (χ2n) is 13.9. The molecule has 0 N–H and O–H groups in total. The molecule has 2 aromatic heterocycles. The van der Waals surface area contributed by atoms with E-state index in [2.05, 4.69) is 5.16 Å². The molecule has 5 aromatic rings. The molecule has 24 heteroatoms. The minimum absolute atomic E-state index is 0.0167. The summed E-state index contributed by atoms with van der Waals surface area (Å²) in [6.45, 7) is 2.60. The summed E-state index contributed by atoms with van der Waals surface area (Å²) in [7, 11) is 0.0407. The number of carbonyl (C=O) groups excluding carboxylic acids is 3. The van der Waals surface area contributed by atoms with Crippen LogP contribution in [0.3, 0.4) is 0 Å². The van der Waals surface area contributed by atoms with Crippen LogP contribution in [-0.2, 0) is 52.1 Å². The minimum Gasteiger partial charge on any atom is -0.537 e. The number of non-ortho nitro benzene ring substituents is 2. The Hall–Kier alpha value is -8.44. The number of nitrogens with zero attached hydrogens (tertiary/aromatic N) is 7. The normalized spacial score (nSPS) is 15.8. The molecule has 8 rings (SSSR count). The monoisotopic (exact) mass is 833 g/mol. The number of fused-ring (bicyclic) bond motifs is 8. The molecule has 23 nitrogen and oxygen atoms in total. The van der Waals surface area contributed by atoms with Crippen LogP contribution in [0.15, 0.2) is 64.5 Å². The summed E-state index contributed by atoms with van der Waals surface area (Å²) < 4.78 is 17.5. The van der Waals surface area contributed by atoms with Crippen LogP contribution in [0.5, 0.6) is 0 Å². The maximum absolute atomic E-state index is 14.0. The van der Waals surface area contributed by atoms with Crippen molar-refractivity contribution in [3.05, 3.63) is 133 Å². The molecule has 0 amide bonds. The molecule has 61 heavy (non-hydrogen) atoms. The SMILES string of the molecule is CC[C@@]1(OC(=O)[C@H](C)ON=C2c3cc([N+](=O)[O-])cc([N+](=O)[O-])c3-c3c2cc([N+](=O)[O-])cc3[N+](=O)[O-])C(=O)OCc2c1cc1n(c2=O)Cc2cc3cc(BOC=O)ccc3nc2-1. The van der Waals surface area contributed by atoms with Crippen LogP contribution in [0.1, 0.15) is 48.1 Å². The van der Waals surface area contributed by atoms with Gasteiger partial charge in [0.1, 0.15) is 12.3 Å². The number of oxime groups is 1. The van der Waals surface area contributed by atoms with Crippen molar-refractivity contribution < 1.29 is 53.0 Å². The summed E-state index contributed by atoms with van der Waals surface area (Å²) in [5.74, 6) is -2.28. The molecule has 2 aliphatic heterocycles. The van der Waals surface area contributed by atoms with Crippen LogP contribution >= 0.6 is 0 Å². The van der Waals surface area contributed by atoms with Crippen LogP contribution in [-0.4, -0.2) is 67.0 Å². The third-order valence-electron chi connectivity index (χ3n) is 10.5. The molecule has 1 aliphatic carbocycles. The Morgan fingerprint density at radius 3 is 2.16 bits per heavy atom. The zero-order chi connectivity index (χ0) is 43.7. The van der Waals surface area contributed by atoms with Gasteiger partial charge in [0.25, 0.3) is 34.8 Å². The van der Waals surface area contributed by atoms with E-state index >= 15 is 0 Å². The number of cyclic esters (lactones) is 1. The first-order valence-corrected chi connectivity index (χ1v) is 17.9. The van der Waals surface area contributed by atoms with Crippen LogP contribution in [0.2, 0.25) is 0 Å². The van der Waals surface area contributed by atoms with E-state index in [0.717, 1.165) is 19.1 Å². The van der Waals surface area contributed by atoms with Gasteiger partial charge in [-0.2, -0.15) is 0 Å². The van der Waals surface area contributed by atoms with Gasteiger partial charge in [-0.15, -0.1) is 0 Å². The van der Waals surface area contributed by atoms with E-state index in [4.69, 9.17) is 23.9 Å². The molecule has 4 heterocycles. The number of nitro groups is 4. The molecule has 306 valence electrons. The van der Waals surface area contributed by atoms with Crippen molar-refractivity contribution in [1.82, 2.24) is 9.55 Å². The van der Waals surface area contributed by atoms with Crippen LogP contribution in [0.25, 0.3) is 33.4 Å². The maximum atomic E-state index is 14.0. The molecule has 0 saturated heterocycles. The van der Waals surface area contributed by atoms with Gasteiger partial charge in [0, 0.05) is 39.8 Å². The Morgan fingerprint density at radius 2 is 1.59 bits per heavy atom. The fourth-order valence-corrected chi connectivity index (χ4v) is 7.71. The summed E-state index contributed by atoms with van der Waals surface area (Å²) in [6, 6.07) is 11.3. The van der Waals surface area contributed by atoms with E-state index in [0.29, 0.717) is 51.9 Å². The fourth-order valence-electron chi connectivity index (χ4n) is 7.71. The minimum atomic E-state index is -2.22. The molecular weight excluding hydrogens is 809 g/mol. The first kappa shape index (κ1) is 39.4. The first-order chi connectivity index (χ1) is 29.1. The molecule has 0 radical (unpaired) electrons. The molecular formula is C37H24BN7O16. The number of nitro benzene ring substituents is 4. The van der Waals surface area contributed by atoms with Gasteiger partial charge in [0.05, 0.1) is 72.0 Å². The number of rotatable bonds is 12. The van der Waals surface area contributed by atoms with Gasteiger partial charge in [-0.25, -0.2) is 14.6 Å². The van der Waals surface area contributed by atoms with Crippen molar-refractivity contribution >= 4 is 70.7 Å². The lowest BCUT2D eigenvalue weighted by Gasteiger charge is -2.36. The highest BCUT2D eigenvalue weighted by molar-refractivity contribution is 6.48. The Kier molecular flexibility index (Phi) is 9.32. The van der Waals surface area contributed by atoms with Gasteiger partial charge < -0.3 is 23.5 Å². The van der Waals surface area contributed by atoms with Crippen molar-refractivity contribution in [1.29, 1.82) is 0 Å². The number of esters is 2. The zero-order valence-corrected chi connectivity index (χ0v) is 31.3. The van der Waals surface area contributed by atoms with Gasteiger partial charge in [-0.1, -0.05) is 24.2 Å². The maximum Gasteiger partial charge on any atom is 0.377 e. The number of aromatic nitrogens is 2. The predicted octanol–water partition coefficient (Wildman–Crippen LogP) is 3.25. The standard InChI is InChI=1S/C37H24BN7O16/c1-3-37(25-12-29-32-18(13-41(29)34(47)24(25)14-58-36(37)49)6-17-7-19(38-59-15-46)4-5-26(17)39-32)60-35(48)16(2)61-40-33-22-8-20(42(50)51)10-27(44(54)55)30(22)31-23(33)9-21(43(52)53)11-28(31)45(56)57/h4-12,15-16,38H,3,13-14H2,1-2H3/t16-,37-/m0/s1. The first-order valence-electron chi connectivity index (χ1n) is 17.9. The Morgan fingerprint density at radius 1 is 0.951 bits per heavy atom. The van der Waals surface area contributed by atoms with Gasteiger partial charge in [-0.05, 0) is 37.0 Å². The topological polar surface area (TPSA) is 308 Å². The highest BCUT2D eigenvalue weighted by Crippen LogP contribution is 2.50. The van der Waals surface area contributed by atoms with E-state index in [1.807, 2.05) is 6.07 Å². The van der Waals surface area contributed by atoms with Crippen LogP contribution in [0.4, 0.5) is 22.7 Å². The highest BCUT2D eigenvalue weighted by atomic mass is 16.7. The average Bonchev–Trinajstić information content (AvgIpc) is 3.75. The zero-order valence-electron chi connectivity index (χ0n) is 31.3. The van der Waals surface area contributed by atoms with Crippen molar-refractivity contribution in [2.75, 3.05) is 0 Å². The summed E-state index contributed by atoms with van der Waals surface area (Å²) in [5.41, 5.74) is -6.15. The van der Waals surface area contributed by atoms with E-state index in [9.17, 15) is 59.6 Å². The summed E-state index contributed by atoms with van der Waals surface area (Å²) in [5, 5.41) is 52.5. The number of hydrogen-bond acceptors (Lipinski definition) is 18. The summed E-state index contributed by atoms with van der Waals surface area (Å²) >= 11 is 0. The lowest BCUT2D eigenvalue weighted by atomic mass is 9.85. The third-order valence-corrected chi connectivity index (χ3v) is 10.5. The number of pyridine rings is 2. The Balaban J connectivity index is 1.17. The van der Waals surface area contributed by atoms with E-state index in [1.54, 1.807) is 18.2 Å². The van der Waals surface area contributed by atoms with Gasteiger partial charge >= 0.3 is 19.4 Å². The van der Waals surface area contributed by atoms with Gasteiger partial charge in [0.2, 0.25) is 11.7 Å². The summed E-state index contributed by atoms with van der Waals surface area (Å²) in [6.07, 6.45) is -2.02. The fraction of sp³-hybridized carbons (Fsp3) is 0.189. The quantitative estimate of drug-likeness (QED) is 0.0426. The van der Waals surface area contributed by atoms with Crippen molar-refractivity contribution in [2.24, 2.45) is 5.16 Å². The second kappa shape index (κ2) is 14.4. The molecule has 3 aromatic carbocycles. The number of hydrogen-bond donors (Lipinski definition) is 0. The van der Waals surface area contributed by atoms with Gasteiger partial charge in [0.15, 0.2) is 0 Å². The molecule has 3 aliphatic rings. The van der Waals surface area contributed by atoms with E-state index < -0.39 is 106 Å². The molecule has 2 atom stereocenters. The average molecular weight is 833 g/mol. The molecule has 0 bridgehead atoms. The predicted molar refractivity (Wildman–Crippen MR) is 207 cm³/mol. The van der Waals surface area contributed by atoms with E-state index in [-0.39, 0.29) is 31.6 Å². The highest BCUT2D eigenvalue weighted by Gasteiger charge is 2.51. The molecule has 0 saturated carbocycles. The summed E-state index contributed by atoms with van der Waals surface area (Å²) in [4.78, 5) is 106. The van der Waals surface area contributed by atoms with Crippen LogP contribution < -0.4 is 11.0 Å². The molecule has 0 fully saturated rings. The molecule has 0 unspecified atom stereocenters. The number of carbonyl (C=O) groups is 3. The van der Waals surface area contributed by atoms with Crippen molar-refractivity contribution in [3.8, 4) is 22.5 Å². The Labute approximate surface area is 339 Å². The Bertz CT molecular complexity index is 2900. The van der Waals surface area contributed by atoms with Crippen molar-refractivity contribution in [3.63, 3.8) is 0 Å². The number of ether oxygens (including phenoxy) is 2. The largest absolute Gasteiger partial charge is 0.537 e. The lowest BCUT2D eigenvalue weighted by molar-refractivity contribution is -0.395. The third kappa shape index (κ3) is 6.23. The number of benzene rings is 3. The van der Waals surface area contributed by atoms with Gasteiger partial charge in [-0.3, -0.25) is 50.0 Å². The lowest BCUT2D eigenvalue weighted by Crippen LogP contribution is -2.48. The smallest absolute Gasteiger partial charge is 0.377 e. The second-order valence-corrected chi connectivity index (χ2v) is 13.9. The van der Waals surface area contributed by atoms with E-state index in [1.165, 1.54) is 17.6 Å². The molecule has 0 spiro atoms.